The molecule has 1 aliphatic carbocycles. The average Bonchev–Trinajstić information content (AvgIpc) is 3.43. The summed E-state index contributed by atoms with van der Waals surface area (Å²) in [7, 11) is 0. The van der Waals surface area contributed by atoms with Crippen LogP contribution in [0.1, 0.15) is 119 Å². The molecule has 3 fully saturated rings. The first kappa shape index (κ1) is 30.7. The van der Waals surface area contributed by atoms with E-state index >= 15 is 0 Å². The van der Waals surface area contributed by atoms with Gasteiger partial charge in [-0.05, 0) is 99.3 Å². The van der Waals surface area contributed by atoms with Crippen LogP contribution in [0.4, 0.5) is 15.9 Å². The van der Waals surface area contributed by atoms with Gasteiger partial charge in [0.2, 0.25) is 0 Å². The summed E-state index contributed by atoms with van der Waals surface area (Å²) < 4.78 is 12.8. The summed E-state index contributed by atoms with van der Waals surface area (Å²) in [5, 5.41) is 9.95. The highest BCUT2D eigenvalue weighted by Crippen LogP contribution is 2.43. The van der Waals surface area contributed by atoms with Crippen LogP contribution < -0.4 is 10.6 Å². The number of rotatable bonds is 6. The third kappa shape index (κ3) is 5.89. The maximum atomic E-state index is 12.8. The highest BCUT2D eigenvalue weighted by Gasteiger charge is 2.44. The van der Waals surface area contributed by atoms with Crippen molar-refractivity contribution in [3.05, 3.63) is 45.9 Å². The van der Waals surface area contributed by atoms with Crippen LogP contribution in [-0.2, 0) is 19.3 Å². The Morgan fingerprint density at radius 3 is 2.57 bits per heavy atom. The average molecular weight is 575 g/mol. The molecule has 6 nitrogen and oxygen atoms in total. The van der Waals surface area contributed by atoms with E-state index < -0.39 is 6.17 Å². The van der Waals surface area contributed by atoms with Crippen LogP contribution in [0.15, 0.2) is 12.1 Å². The van der Waals surface area contributed by atoms with Crippen molar-refractivity contribution >= 4 is 11.5 Å². The normalized spacial score (nSPS) is 26.2. The third-order valence-electron chi connectivity index (χ3n) is 10.7. The van der Waals surface area contributed by atoms with E-state index in [4.69, 9.17) is 15.7 Å². The fourth-order valence-electron chi connectivity index (χ4n) is 7.69. The molecule has 1 aromatic heterocycles. The van der Waals surface area contributed by atoms with E-state index in [9.17, 15) is 9.65 Å². The third-order valence-corrected chi connectivity index (χ3v) is 10.7. The van der Waals surface area contributed by atoms with E-state index in [-0.39, 0.29) is 11.5 Å². The molecule has 2 aromatic rings. The number of benzene rings is 1. The second kappa shape index (κ2) is 12.5. The Kier molecular flexibility index (Phi) is 9.13. The Morgan fingerprint density at radius 2 is 1.93 bits per heavy atom. The topological polar surface area (TPSA) is 82.1 Å². The molecule has 4 atom stereocenters. The molecule has 3 saturated heterocycles. The van der Waals surface area contributed by atoms with Crippen LogP contribution in [0.3, 0.4) is 0 Å². The van der Waals surface area contributed by atoms with Crippen LogP contribution in [0, 0.1) is 23.2 Å². The van der Waals surface area contributed by atoms with E-state index in [0.29, 0.717) is 29.6 Å². The SMILES string of the molecule is CC12CCCN1CC(F)C2.CCc1nc2c(c(N3CC(C(C)C)C3)n1)CCC(c1c(C(C)CC)ccc(N)c1C#N)C2. The first-order valence-corrected chi connectivity index (χ1v) is 16.4. The van der Waals surface area contributed by atoms with Gasteiger partial charge >= 0.3 is 0 Å². The minimum Gasteiger partial charge on any atom is -0.398 e. The van der Waals surface area contributed by atoms with Gasteiger partial charge in [-0.2, -0.15) is 5.26 Å². The summed E-state index contributed by atoms with van der Waals surface area (Å²) in [6, 6.07) is 6.47. The molecule has 7 heteroatoms. The molecule has 0 bridgehead atoms. The maximum Gasteiger partial charge on any atom is 0.135 e. The molecule has 0 saturated carbocycles. The molecular weight excluding hydrogens is 523 g/mol. The minimum atomic E-state index is -0.551. The van der Waals surface area contributed by atoms with Gasteiger partial charge in [0.25, 0.3) is 0 Å². The van der Waals surface area contributed by atoms with Crippen molar-refractivity contribution in [1.29, 1.82) is 5.26 Å². The smallest absolute Gasteiger partial charge is 0.135 e. The Labute approximate surface area is 252 Å². The molecule has 4 aliphatic rings. The molecule has 42 heavy (non-hydrogen) atoms. The molecule has 1 aromatic carbocycles. The van der Waals surface area contributed by atoms with Crippen molar-refractivity contribution in [3.63, 3.8) is 0 Å². The van der Waals surface area contributed by atoms with Crippen LogP contribution in [0.5, 0.6) is 0 Å². The summed E-state index contributed by atoms with van der Waals surface area (Å²) in [6.45, 7) is 17.4. The minimum absolute atomic E-state index is 0.236. The number of halogens is 1. The highest BCUT2D eigenvalue weighted by atomic mass is 19.1. The second-order valence-electron chi connectivity index (χ2n) is 13.9. The number of nitriles is 1. The number of nitrogens with zero attached hydrogens (tertiary/aromatic N) is 5. The predicted molar refractivity (Wildman–Crippen MR) is 170 cm³/mol. The summed E-state index contributed by atoms with van der Waals surface area (Å²) in [5.74, 6) is 4.24. The molecule has 3 aliphatic heterocycles. The quantitative estimate of drug-likeness (QED) is 0.376. The zero-order chi connectivity index (χ0) is 30.2. The lowest BCUT2D eigenvalue weighted by Crippen LogP contribution is -2.50. The lowest BCUT2D eigenvalue weighted by atomic mass is 9.76. The molecule has 4 heterocycles. The second-order valence-corrected chi connectivity index (χ2v) is 13.9. The number of anilines is 2. The lowest BCUT2D eigenvalue weighted by Gasteiger charge is -2.44. The van der Waals surface area contributed by atoms with Gasteiger partial charge in [-0.15, -0.1) is 0 Å². The Morgan fingerprint density at radius 1 is 1.17 bits per heavy atom. The number of aryl methyl sites for hydroxylation is 1. The van der Waals surface area contributed by atoms with E-state index in [1.807, 2.05) is 6.07 Å². The number of fused-ring (bicyclic) bond motifs is 2. The van der Waals surface area contributed by atoms with E-state index in [0.717, 1.165) is 81.3 Å². The number of alkyl halides is 1. The fourth-order valence-corrected chi connectivity index (χ4v) is 7.69. The van der Waals surface area contributed by atoms with Crippen LogP contribution in [0.2, 0.25) is 0 Å². The summed E-state index contributed by atoms with van der Waals surface area (Å²) in [5.41, 5.74) is 12.7. The zero-order valence-corrected chi connectivity index (χ0v) is 26.7. The van der Waals surface area contributed by atoms with E-state index in [1.54, 1.807) is 0 Å². The van der Waals surface area contributed by atoms with Gasteiger partial charge in [-0.3, -0.25) is 4.90 Å². The Hall–Kier alpha value is -2.72. The van der Waals surface area contributed by atoms with Gasteiger partial charge in [0.1, 0.15) is 23.9 Å². The molecule has 0 spiro atoms. The number of hydrogen-bond acceptors (Lipinski definition) is 6. The van der Waals surface area contributed by atoms with Gasteiger partial charge < -0.3 is 10.6 Å². The standard InChI is InChI=1S/C27H37N5.C8H14FN/c1-6-17(5)20-10-11-23(29)22(13-28)26(20)18-8-9-21-24(12-18)30-25(7-2)31-27(21)32-14-19(15-32)16(3)4;1-8-3-2-4-10(8)6-7(9)5-8/h10-11,16-19H,6-9,12,14-15,29H2,1-5H3;7H,2-6H2,1H3. The van der Waals surface area contributed by atoms with Crippen LogP contribution in [-0.4, -0.2) is 52.8 Å². The summed E-state index contributed by atoms with van der Waals surface area (Å²) in [6.07, 6.45) is 7.41. The van der Waals surface area contributed by atoms with Crippen LogP contribution in [0.25, 0.3) is 0 Å². The Bertz CT molecular complexity index is 1310. The first-order valence-electron chi connectivity index (χ1n) is 16.4. The molecule has 2 N–H and O–H groups in total. The summed E-state index contributed by atoms with van der Waals surface area (Å²) in [4.78, 5) is 14.7. The number of nitrogens with two attached hydrogens (primary N) is 1. The first-order chi connectivity index (χ1) is 20.1. The Balaban J connectivity index is 0.000000295. The number of aromatic nitrogens is 2. The van der Waals surface area contributed by atoms with Gasteiger partial charge in [0.05, 0.1) is 11.3 Å². The zero-order valence-electron chi connectivity index (χ0n) is 26.7. The highest BCUT2D eigenvalue weighted by molar-refractivity contribution is 5.63. The fraction of sp³-hybridized carbons (Fsp3) is 0.686. The van der Waals surface area contributed by atoms with Crippen molar-refractivity contribution < 1.29 is 4.39 Å². The van der Waals surface area contributed by atoms with Crippen molar-refractivity contribution in [3.8, 4) is 6.07 Å². The van der Waals surface area contributed by atoms with E-state index in [2.05, 4.69) is 63.5 Å². The van der Waals surface area contributed by atoms with Crippen molar-refractivity contribution in [1.82, 2.24) is 14.9 Å². The number of nitrogen functional groups attached to an aromatic ring is 1. The number of hydrogen-bond donors (Lipinski definition) is 1. The van der Waals surface area contributed by atoms with Crippen molar-refractivity contribution in [2.45, 2.75) is 116 Å². The lowest BCUT2D eigenvalue weighted by molar-refractivity contribution is 0.217. The van der Waals surface area contributed by atoms with Gasteiger partial charge in [-0.25, -0.2) is 14.4 Å². The molecule has 0 radical (unpaired) electrons. The van der Waals surface area contributed by atoms with Crippen LogP contribution >= 0.6 is 0 Å². The van der Waals surface area contributed by atoms with E-state index in [1.165, 1.54) is 29.7 Å². The van der Waals surface area contributed by atoms with Crippen molar-refractivity contribution in [2.75, 3.05) is 36.8 Å². The van der Waals surface area contributed by atoms with Gasteiger partial charge in [-0.1, -0.05) is 40.7 Å². The molecule has 4 unspecified atom stereocenters. The molecule has 0 amide bonds. The molecular formula is C35H51FN6. The summed E-state index contributed by atoms with van der Waals surface area (Å²) >= 11 is 0. The maximum absolute atomic E-state index is 12.8. The van der Waals surface area contributed by atoms with Gasteiger partial charge in [0, 0.05) is 42.8 Å². The molecule has 228 valence electrons. The van der Waals surface area contributed by atoms with Gasteiger partial charge in [0.15, 0.2) is 0 Å². The predicted octanol–water partition coefficient (Wildman–Crippen LogP) is 6.95. The largest absolute Gasteiger partial charge is 0.398 e. The monoisotopic (exact) mass is 574 g/mol. The van der Waals surface area contributed by atoms with Crippen molar-refractivity contribution in [2.24, 2.45) is 11.8 Å². The molecule has 6 rings (SSSR count).